The second-order valence-corrected chi connectivity index (χ2v) is 10.1. The SMILES string of the molecule is CS(=O)(=O)Nc1ccc(C(=O)Nc2ccc(S(=O)(=O)Nc3ncccn3)cc2)cc1Cl. The van der Waals surface area contributed by atoms with Crippen LogP contribution in [0.15, 0.2) is 65.8 Å². The fourth-order valence-corrected chi connectivity index (χ4v) is 4.21. The van der Waals surface area contributed by atoms with Gasteiger partial charge in [0.1, 0.15) is 0 Å². The molecule has 2 aromatic carbocycles. The molecule has 1 heterocycles. The Morgan fingerprint density at radius 2 is 1.58 bits per heavy atom. The van der Waals surface area contributed by atoms with Crippen molar-refractivity contribution in [1.82, 2.24) is 9.97 Å². The lowest BCUT2D eigenvalue weighted by atomic mass is 10.2. The van der Waals surface area contributed by atoms with Crippen LogP contribution >= 0.6 is 11.6 Å². The van der Waals surface area contributed by atoms with Gasteiger partial charge in [0.2, 0.25) is 16.0 Å². The van der Waals surface area contributed by atoms with Gasteiger partial charge in [-0.2, -0.15) is 0 Å². The third kappa shape index (κ3) is 6.13. The molecule has 3 rings (SSSR count). The number of halogens is 1. The molecule has 0 saturated heterocycles. The van der Waals surface area contributed by atoms with Gasteiger partial charge in [-0.05, 0) is 48.5 Å². The Morgan fingerprint density at radius 3 is 2.16 bits per heavy atom. The van der Waals surface area contributed by atoms with Crippen molar-refractivity contribution < 1.29 is 21.6 Å². The van der Waals surface area contributed by atoms with E-state index in [0.717, 1.165) is 6.26 Å². The van der Waals surface area contributed by atoms with Crippen LogP contribution in [0.3, 0.4) is 0 Å². The van der Waals surface area contributed by atoms with Gasteiger partial charge in [0.15, 0.2) is 0 Å². The lowest BCUT2D eigenvalue weighted by Crippen LogP contribution is -2.15. The number of rotatable bonds is 7. The highest BCUT2D eigenvalue weighted by molar-refractivity contribution is 7.92. The summed E-state index contributed by atoms with van der Waals surface area (Å²) in [6, 6.07) is 11.1. The zero-order valence-electron chi connectivity index (χ0n) is 15.9. The molecule has 31 heavy (non-hydrogen) atoms. The third-order valence-electron chi connectivity index (χ3n) is 3.74. The number of carbonyl (C=O) groups is 1. The van der Waals surface area contributed by atoms with E-state index >= 15 is 0 Å². The van der Waals surface area contributed by atoms with E-state index in [4.69, 9.17) is 11.6 Å². The van der Waals surface area contributed by atoms with Crippen molar-refractivity contribution in [1.29, 1.82) is 0 Å². The Balaban J connectivity index is 1.71. The second kappa shape index (κ2) is 8.88. The fourth-order valence-electron chi connectivity index (χ4n) is 2.39. The number of anilines is 3. The Morgan fingerprint density at radius 1 is 0.935 bits per heavy atom. The summed E-state index contributed by atoms with van der Waals surface area (Å²) in [6.45, 7) is 0. The molecule has 13 heteroatoms. The molecule has 0 saturated carbocycles. The quantitative estimate of drug-likeness (QED) is 0.469. The maximum absolute atomic E-state index is 12.4. The van der Waals surface area contributed by atoms with E-state index in [-0.39, 0.29) is 27.1 Å². The molecule has 3 N–H and O–H groups in total. The minimum absolute atomic E-state index is 0.0443. The number of hydrogen-bond donors (Lipinski definition) is 3. The molecular formula is C18H16ClN5O5S2. The topological polar surface area (TPSA) is 147 Å². The van der Waals surface area contributed by atoms with E-state index < -0.39 is 26.0 Å². The first kappa shape index (κ1) is 22.5. The molecule has 3 aromatic rings. The highest BCUT2D eigenvalue weighted by Crippen LogP contribution is 2.24. The van der Waals surface area contributed by atoms with E-state index in [9.17, 15) is 21.6 Å². The van der Waals surface area contributed by atoms with Crippen molar-refractivity contribution >= 4 is 54.9 Å². The maximum atomic E-state index is 12.4. The molecule has 0 bridgehead atoms. The molecule has 0 fully saturated rings. The van der Waals surface area contributed by atoms with Crippen molar-refractivity contribution in [2.75, 3.05) is 21.0 Å². The van der Waals surface area contributed by atoms with E-state index in [1.807, 2.05) is 0 Å². The van der Waals surface area contributed by atoms with Crippen molar-refractivity contribution in [3.8, 4) is 0 Å². The summed E-state index contributed by atoms with van der Waals surface area (Å²) < 4.78 is 51.9. The van der Waals surface area contributed by atoms with Crippen LogP contribution in [-0.4, -0.2) is 39.0 Å². The van der Waals surface area contributed by atoms with Crippen LogP contribution < -0.4 is 14.8 Å². The molecule has 0 aliphatic carbocycles. The maximum Gasteiger partial charge on any atom is 0.264 e. The summed E-state index contributed by atoms with van der Waals surface area (Å²) in [7, 11) is -7.41. The molecule has 0 radical (unpaired) electrons. The molecule has 1 amide bonds. The number of carbonyl (C=O) groups excluding carboxylic acids is 1. The average Bonchev–Trinajstić information content (AvgIpc) is 2.69. The van der Waals surface area contributed by atoms with Gasteiger partial charge in [0.25, 0.3) is 15.9 Å². The highest BCUT2D eigenvalue weighted by Gasteiger charge is 2.16. The van der Waals surface area contributed by atoms with Gasteiger partial charge in [0, 0.05) is 23.6 Å². The van der Waals surface area contributed by atoms with Gasteiger partial charge < -0.3 is 5.32 Å². The number of nitrogens with one attached hydrogen (secondary N) is 3. The molecule has 0 aliphatic heterocycles. The Hall–Kier alpha value is -3.22. The lowest BCUT2D eigenvalue weighted by molar-refractivity contribution is 0.102. The van der Waals surface area contributed by atoms with Crippen LogP contribution in [0.1, 0.15) is 10.4 Å². The zero-order valence-corrected chi connectivity index (χ0v) is 18.3. The summed E-state index contributed by atoms with van der Waals surface area (Å²) >= 11 is 6.03. The van der Waals surface area contributed by atoms with Crippen LogP contribution in [-0.2, 0) is 20.0 Å². The molecule has 0 atom stereocenters. The van der Waals surface area contributed by atoms with Crippen LogP contribution in [0.5, 0.6) is 0 Å². The average molecular weight is 482 g/mol. The van der Waals surface area contributed by atoms with E-state index in [1.54, 1.807) is 6.07 Å². The Labute approximate surface area is 183 Å². The van der Waals surface area contributed by atoms with Gasteiger partial charge in [-0.15, -0.1) is 0 Å². The summed E-state index contributed by atoms with van der Waals surface area (Å²) in [4.78, 5) is 20.0. The van der Waals surface area contributed by atoms with Gasteiger partial charge in [-0.3, -0.25) is 9.52 Å². The van der Waals surface area contributed by atoms with Crippen LogP contribution in [0.25, 0.3) is 0 Å². The minimum atomic E-state index is -3.90. The van der Waals surface area contributed by atoms with Gasteiger partial charge in [-0.1, -0.05) is 11.6 Å². The third-order valence-corrected chi connectivity index (χ3v) is 5.99. The van der Waals surface area contributed by atoms with Gasteiger partial charge in [0.05, 0.1) is 21.9 Å². The highest BCUT2D eigenvalue weighted by atomic mass is 35.5. The van der Waals surface area contributed by atoms with E-state index in [1.165, 1.54) is 54.9 Å². The predicted octanol–water partition coefficient (Wildman–Crippen LogP) is 2.55. The predicted molar refractivity (Wildman–Crippen MR) is 117 cm³/mol. The van der Waals surface area contributed by atoms with Crippen LogP contribution in [0.2, 0.25) is 5.02 Å². The number of sulfonamides is 2. The first-order valence-corrected chi connectivity index (χ1v) is 12.3. The van der Waals surface area contributed by atoms with Crippen LogP contribution in [0, 0.1) is 0 Å². The second-order valence-electron chi connectivity index (χ2n) is 6.23. The van der Waals surface area contributed by atoms with Crippen LogP contribution in [0.4, 0.5) is 17.3 Å². The monoisotopic (exact) mass is 481 g/mol. The lowest BCUT2D eigenvalue weighted by Gasteiger charge is -2.10. The van der Waals surface area contributed by atoms with Crippen molar-refractivity contribution in [3.05, 3.63) is 71.5 Å². The number of nitrogens with zero attached hydrogens (tertiary/aromatic N) is 2. The van der Waals surface area contributed by atoms with Gasteiger partial charge >= 0.3 is 0 Å². The van der Waals surface area contributed by atoms with E-state index in [2.05, 4.69) is 24.7 Å². The fraction of sp³-hybridized carbons (Fsp3) is 0.0556. The molecule has 0 aliphatic rings. The van der Waals surface area contributed by atoms with Crippen molar-refractivity contribution in [3.63, 3.8) is 0 Å². The zero-order chi connectivity index (χ0) is 22.6. The van der Waals surface area contributed by atoms with E-state index in [0.29, 0.717) is 5.69 Å². The molecule has 10 nitrogen and oxygen atoms in total. The number of hydrogen-bond acceptors (Lipinski definition) is 7. The molecule has 1 aromatic heterocycles. The Kier molecular flexibility index (Phi) is 6.43. The number of aromatic nitrogens is 2. The number of amides is 1. The summed E-state index contributed by atoms with van der Waals surface area (Å²) in [5.41, 5.74) is 0.670. The van der Waals surface area contributed by atoms with Crippen molar-refractivity contribution in [2.24, 2.45) is 0 Å². The molecule has 0 spiro atoms. The minimum Gasteiger partial charge on any atom is -0.322 e. The first-order chi connectivity index (χ1) is 14.5. The standard InChI is InChI=1S/C18H16ClN5O5S2/c1-30(26,27)23-16-8-3-12(11-15(16)19)17(25)22-13-4-6-14(7-5-13)31(28,29)24-18-20-9-2-10-21-18/h2-11,23H,1H3,(H,22,25)(H,20,21,24). The normalized spacial score (nSPS) is 11.5. The van der Waals surface area contributed by atoms with Crippen molar-refractivity contribution in [2.45, 2.75) is 4.90 Å². The molecular weight excluding hydrogens is 466 g/mol. The Bertz CT molecular complexity index is 1320. The smallest absolute Gasteiger partial charge is 0.264 e. The largest absolute Gasteiger partial charge is 0.322 e. The summed E-state index contributed by atoms with van der Waals surface area (Å²) in [5.74, 6) is -0.579. The summed E-state index contributed by atoms with van der Waals surface area (Å²) in [6.07, 6.45) is 3.79. The first-order valence-electron chi connectivity index (χ1n) is 8.52. The molecule has 0 unspecified atom stereocenters. The number of benzene rings is 2. The van der Waals surface area contributed by atoms with Gasteiger partial charge in [-0.25, -0.2) is 31.5 Å². The summed E-state index contributed by atoms with van der Waals surface area (Å²) in [5, 5.41) is 2.66. The molecule has 162 valence electrons.